The van der Waals surface area contributed by atoms with E-state index in [1.807, 2.05) is 49.4 Å². The summed E-state index contributed by atoms with van der Waals surface area (Å²) in [5.41, 5.74) is 3.12. The van der Waals surface area contributed by atoms with Crippen LogP contribution in [0.15, 0.2) is 42.5 Å². The van der Waals surface area contributed by atoms with E-state index in [4.69, 9.17) is 23.2 Å². The van der Waals surface area contributed by atoms with E-state index in [0.717, 1.165) is 49.5 Å². The molecule has 0 aromatic heterocycles. The summed E-state index contributed by atoms with van der Waals surface area (Å²) in [4.78, 5) is 16.8. The lowest BCUT2D eigenvalue weighted by Crippen LogP contribution is -2.48. The number of amides is 1. The number of benzene rings is 2. The maximum atomic E-state index is 12.3. The molecule has 0 aliphatic carbocycles. The van der Waals surface area contributed by atoms with Crippen LogP contribution in [0.1, 0.15) is 11.1 Å². The number of hydrogen-bond donors (Lipinski definition) is 1. The third-order valence-electron chi connectivity index (χ3n) is 4.64. The predicted molar refractivity (Wildman–Crippen MR) is 108 cm³/mol. The summed E-state index contributed by atoms with van der Waals surface area (Å²) in [6.07, 6.45) is 0. The largest absolute Gasteiger partial charge is 0.325 e. The van der Waals surface area contributed by atoms with Crippen molar-refractivity contribution in [2.45, 2.75) is 13.5 Å². The molecule has 0 atom stereocenters. The molecule has 2 aromatic carbocycles. The van der Waals surface area contributed by atoms with E-state index in [1.165, 1.54) is 0 Å². The first-order valence-corrected chi connectivity index (χ1v) is 9.51. The van der Waals surface area contributed by atoms with Gasteiger partial charge in [0, 0.05) is 38.4 Å². The standard InChI is InChI=1S/C20H23Cl2N3O/c1-15-4-2-3-5-19(15)23-20(26)14-25-10-8-24(9-11-25)13-16-6-7-17(21)18(22)12-16/h2-7,12H,8-11,13-14H2,1H3,(H,23,26). The van der Waals surface area contributed by atoms with E-state index in [2.05, 4.69) is 15.1 Å². The van der Waals surface area contributed by atoms with Gasteiger partial charge in [0.15, 0.2) is 0 Å². The summed E-state index contributed by atoms with van der Waals surface area (Å²) in [7, 11) is 0. The molecule has 1 amide bonds. The van der Waals surface area contributed by atoms with Gasteiger partial charge in [-0.2, -0.15) is 0 Å². The SMILES string of the molecule is Cc1ccccc1NC(=O)CN1CCN(Cc2ccc(Cl)c(Cl)c2)CC1. The van der Waals surface area contributed by atoms with Gasteiger partial charge in [0.25, 0.3) is 0 Å². The minimum atomic E-state index is 0.0391. The van der Waals surface area contributed by atoms with Crippen LogP contribution in [-0.2, 0) is 11.3 Å². The van der Waals surface area contributed by atoms with Gasteiger partial charge in [-0.15, -0.1) is 0 Å². The molecule has 6 heteroatoms. The minimum absolute atomic E-state index is 0.0391. The molecular weight excluding hydrogens is 369 g/mol. The Morgan fingerprint density at radius 1 is 1.00 bits per heavy atom. The van der Waals surface area contributed by atoms with Gasteiger partial charge >= 0.3 is 0 Å². The van der Waals surface area contributed by atoms with E-state index in [0.29, 0.717) is 16.6 Å². The number of nitrogens with one attached hydrogen (secondary N) is 1. The fourth-order valence-electron chi connectivity index (χ4n) is 3.11. The van der Waals surface area contributed by atoms with Crippen molar-refractivity contribution < 1.29 is 4.79 Å². The van der Waals surface area contributed by atoms with Crippen LogP contribution in [-0.4, -0.2) is 48.4 Å². The van der Waals surface area contributed by atoms with Gasteiger partial charge in [0.1, 0.15) is 0 Å². The second-order valence-corrected chi connectivity index (χ2v) is 7.48. The number of piperazine rings is 1. The van der Waals surface area contributed by atoms with Crippen molar-refractivity contribution in [1.82, 2.24) is 9.80 Å². The Labute approximate surface area is 164 Å². The molecule has 1 aliphatic heterocycles. The molecule has 0 radical (unpaired) electrons. The van der Waals surface area contributed by atoms with Gasteiger partial charge in [-0.3, -0.25) is 14.6 Å². The number of halogens is 2. The van der Waals surface area contributed by atoms with Crippen LogP contribution in [0.25, 0.3) is 0 Å². The van der Waals surface area contributed by atoms with Crippen LogP contribution >= 0.6 is 23.2 Å². The number of anilines is 1. The average molecular weight is 392 g/mol. The number of carbonyl (C=O) groups excluding carboxylic acids is 1. The van der Waals surface area contributed by atoms with Gasteiger partial charge in [-0.05, 0) is 36.2 Å². The molecular formula is C20H23Cl2N3O. The summed E-state index contributed by atoms with van der Waals surface area (Å²) in [6, 6.07) is 13.6. The minimum Gasteiger partial charge on any atom is -0.325 e. The Bertz CT molecular complexity index is 773. The van der Waals surface area contributed by atoms with E-state index in [1.54, 1.807) is 0 Å². The normalized spacial score (nSPS) is 15.8. The second kappa shape index (κ2) is 8.87. The Kier molecular flexibility index (Phi) is 6.54. The highest BCUT2D eigenvalue weighted by Gasteiger charge is 2.19. The Balaban J connectivity index is 1.45. The summed E-state index contributed by atoms with van der Waals surface area (Å²) in [5, 5.41) is 4.18. The predicted octanol–water partition coefficient (Wildman–Crippen LogP) is 4.06. The van der Waals surface area contributed by atoms with Crippen molar-refractivity contribution in [2.24, 2.45) is 0 Å². The maximum absolute atomic E-state index is 12.3. The highest BCUT2D eigenvalue weighted by Crippen LogP contribution is 2.23. The average Bonchev–Trinajstić information content (AvgIpc) is 2.62. The molecule has 26 heavy (non-hydrogen) atoms. The number of aryl methyl sites for hydroxylation is 1. The molecule has 0 unspecified atom stereocenters. The van der Waals surface area contributed by atoms with Crippen LogP contribution in [0.3, 0.4) is 0 Å². The van der Waals surface area contributed by atoms with E-state index in [9.17, 15) is 4.79 Å². The van der Waals surface area contributed by atoms with Gasteiger partial charge < -0.3 is 5.32 Å². The zero-order valence-corrected chi connectivity index (χ0v) is 16.4. The number of carbonyl (C=O) groups is 1. The molecule has 0 saturated carbocycles. The van der Waals surface area contributed by atoms with Gasteiger partial charge in [-0.1, -0.05) is 47.5 Å². The van der Waals surface area contributed by atoms with Crippen LogP contribution in [0.2, 0.25) is 10.0 Å². The summed E-state index contributed by atoms with van der Waals surface area (Å²) >= 11 is 12.1. The first kappa shape index (κ1) is 19.2. The summed E-state index contributed by atoms with van der Waals surface area (Å²) in [6.45, 7) is 6.88. The Morgan fingerprint density at radius 3 is 2.38 bits per heavy atom. The first-order chi connectivity index (χ1) is 12.5. The van der Waals surface area contributed by atoms with E-state index in [-0.39, 0.29) is 5.91 Å². The van der Waals surface area contributed by atoms with Crippen molar-refractivity contribution in [3.05, 3.63) is 63.6 Å². The van der Waals surface area contributed by atoms with Crippen LogP contribution in [0.5, 0.6) is 0 Å². The van der Waals surface area contributed by atoms with Crippen LogP contribution < -0.4 is 5.32 Å². The number of hydrogen-bond acceptors (Lipinski definition) is 3. The van der Waals surface area contributed by atoms with Crippen molar-refractivity contribution in [2.75, 3.05) is 38.0 Å². The topological polar surface area (TPSA) is 35.6 Å². The molecule has 1 fully saturated rings. The summed E-state index contributed by atoms with van der Waals surface area (Å²) in [5.74, 6) is 0.0391. The monoisotopic (exact) mass is 391 g/mol. The highest BCUT2D eigenvalue weighted by atomic mass is 35.5. The molecule has 1 aliphatic rings. The molecule has 0 bridgehead atoms. The Morgan fingerprint density at radius 2 is 1.69 bits per heavy atom. The van der Waals surface area contributed by atoms with Crippen molar-refractivity contribution in [1.29, 1.82) is 0 Å². The fourth-order valence-corrected chi connectivity index (χ4v) is 3.43. The van der Waals surface area contributed by atoms with Crippen molar-refractivity contribution >= 4 is 34.8 Å². The maximum Gasteiger partial charge on any atom is 0.238 e. The lowest BCUT2D eigenvalue weighted by molar-refractivity contribution is -0.117. The van der Waals surface area contributed by atoms with E-state index < -0.39 is 0 Å². The van der Waals surface area contributed by atoms with Crippen LogP contribution in [0, 0.1) is 6.92 Å². The summed E-state index contributed by atoms with van der Waals surface area (Å²) < 4.78 is 0. The van der Waals surface area contributed by atoms with E-state index >= 15 is 0 Å². The molecule has 0 spiro atoms. The lowest BCUT2D eigenvalue weighted by Gasteiger charge is -2.34. The van der Waals surface area contributed by atoms with Crippen LogP contribution in [0.4, 0.5) is 5.69 Å². The van der Waals surface area contributed by atoms with Gasteiger partial charge in [-0.25, -0.2) is 0 Å². The smallest absolute Gasteiger partial charge is 0.238 e. The van der Waals surface area contributed by atoms with Gasteiger partial charge in [0.2, 0.25) is 5.91 Å². The fraction of sp³-hybridized carbons (Fsp3) is 0.350. The number of para-hydroxylation sites is 1. The van der Waals surface area contributed by atoms with Crippen molar-refractivity contribution in [3.8, 4) is 0 Å². The second-order valence-electron chi connectivity index (χ2n) is 6.66. The zero-order valence-electron chi connectivity index (χ0n) is 14.8. The molecule has 2 aromatic rings. The molecule has 1 saturated heterocycles. The third kappa shape index (κ3) is 5.21. The number of nitrogens with zero attached hydrogens (tertiary/aromatic N) is 2. The van der Waals surface area contributed by atoms with Crippen molar-refractivity contribution in [3.63, 3.8) is 0 Å². The molecule has 1 heterocycles. The number of rotatable bonds is 5. The zero-order chi connectivity index (χ0) is 18.5. The lowest BCUT2D eigenvalue weighted by atomic mass is 10.2. The quantitative estimate of drug-likeness (QED) is 0.834. The molecule has 3 rings (SSSR count). The highest BCUT2D eigenvalue weighted by molar-refractivity contribution is 6.42. The molecule has 4 nitrogen and oxygen atoms in total. The molecule has 1 N–H and O–H groups in total. The van der Waals surface area contributed by atoms with Gasteiger partial charge in [0.05, 0.1) is 16.6 Å². The first-order valence-electron chi connectivity index (χ1n) is 8.75. The third-order valence-corrected chi connectivity index (χ3v) is 5.38. The molecule has 138 valence electrons. The Hall–Kier alpha value is -1.59.